The van der Waals surface area contributed by atoms with Crippen molar-refractivity contribution in [2.45, 2.75) is 33.6 Å². The molecule has 0 atom stereocenters. The molecular weight excluding hydrogens is 288 g/mol. The molecule has 0 aliphatic rings. The Morgan fingerprint density at radius 2 is 2.00 bits per heavy atom. The van der Waals surface area contributed by atoms with Crippen molar-refractivity contribution in [3.8, 4) is 5.88 Å². The zero-order chi connectivity index (χ0) is 15.0. The predicted molar refractivity (Wildman–Crippen MR) is 83.2 cm³/mol. The van der Waals surface area contributed by atoms with E-state index in [2.05, 4.69) is 21.9 Å². The molecule has 0 radical (unpaired) electrons. The molecule has 3 aromatic heterocycles. The van der Waals surface area contributed by atoms with E-state index in [4.69, 9.17) is 16.3 Å². The molecule has 5 nitrogen and oxygen atoms in total. The van der Waals surface area contributed by atoms with Crippen LogP contribution in [0.15, 0.2) is 12.1 Å². The van der Waals surface area contributed by atoms with E-state index in [0.717, 1.165) is 41.0 Å². The van der Waals surface area contributed by atoms with E-state index in [-0.39, 0.29) is 0 Å². The maximum atomic E-state index is 6.32. The van der Waals surface area contributed by atoms with Crippen LogP contribution in [0.5, 0.6) is 5.88 Å². The van der Waals surface area contributed by atoms with Gasteiger partial charge in [-0.25, -0.2) is 9.97 Å². The third-order valence-corrected chi connectivity index (χ3v) is 3.61. The lowest BCUT2D eigenvalue weighted by atomic mass is 10.3. The minimum atomic E-state index is 0.459. The number of pyridine rings is 1. The molecule has 0 unspecified atom stereocenters. The highest BCUT2D eigenvalue weighted by molar-refractivity contribution is 6.33. The number of hydrogen-bond acceptors (Lipinski definition) is 4. The first-order valence-electron chi connectivity index (χ1n) is 7.12. The fourth-order valence-electron chi connectivity index (χ4n) is 2.51. The molecule has 0 aliphatic carbocycles. The van der Waals surface area contributed by atoms with Gasteiger partial charge in [0.25, 0.3) is 0 Å². The van der Waals surface area contributed by atoms with Crippen LogP contribution in [-0.4, -0.2) is 26.0 Å². The third kappa shape index (κ3) is 2.31. The van der Waals surface area contributed by atoms with Gasteiger partial charge in [-0.05, 0) is 26.3 Å². The van der Waals surface area contributed by atoms with Gasteiger partial charge >= 0.3 is 0 Å². The molecule has 6 heteroatoms. The summed E-state index contributed by atoms with van der Waals surface area (Å²) >= 11 is 6.32. The van der Waals surface area contributed by atoms with Crippen LogP contribution in [0.25, 0.3) is 16.7 Å². The second kappa shape index (κ2) is 5.48. The fourth-order valence-corrected chi connectivity index (χ4v) is 2.82. The average molecular weight is 305 g/mol. The number of aryl methyl sites for hydroxylation is 2. The summed E-state index contributed by atoms with van der Waals surface area (Å²) in [6.45, 7) is 6.58. The molecule has 110 valence electrons. The molecule has 3 heterocycles. The maximum Gasteiger partial charge on any atom is 0.215 e. The Hall–Kier alpha value is -1.88. The van der Waals surface area contributed by atoms with Crippen molar-refractivity contribution in [1.82, 2.24) is 19.4 Å². The number of rotatable bonds is 4. The molecule has 0 spiro atoms. The molecule has 0 aromatic carbocycles. The Balaban J connectivity index is 2.39. The van der Waals surface area contributed by atoms with E-state index in [0.29, 0.717) is 17.6 Å². The molecule has 0 amide bonds. The number of halogens is 1. The van der Waals surface area contributed by atoms with Crippen molar-refractivity contribution in [2.24, 2.45) is 0 Å². The maximum absolute atomic E-state index is 6.32. The molecule has 0 aliphatic heterocycles. The SMILES string of the molecule is CCCc1nc(C)c2c(Cl)nc3ccc(OCC)nc3n12. The molecule has 21 heavy (non-hydrogen) atoms. The van der Waals surface area contributed by atoms with Crippen molar-refractivity contribution in [3.63, 3.8) is 0 Å². The van der Waals surface area contributed by atoms with Crippen molar-refractivity contribution < 1.29 is 4.74 Å². The molecule has 3 rings (SSSR count). The van der Waals surface area contributed by atoms with Crippen molar-refractivity contribution in [1.29, 1.82) is 0 Å². The van der Waals surface area contributed by atoms with Crippen LogP contribution in [0.2, 0.25) is 5.15 Å². The van der Waals surface area contributed by atoms with Crippen LogP contribution in [0.3, 0.4) is 0 Å². The van der Waals surface area contributed by atoms with Crippen molar-refractivity contribution in [3.05, 3.63) is 28.8 Å². The zero-order valence-electron chi connectivity index (χ0n) is 12.4. The Labute approximate surface area is 127 Å². The number of imidazole rings is 1. The third-order valence-electron chi connectivity index (χ3n) is 3.34. The standard InChI is InChI=1S/C15H17ClN4O/c1-4-6-11-17-9(3)13-14(16)18-10-7-8-12(21-5-2)19-15(10)20(11)13/h7-8H,4-6H2,1-3H3. The predicted octanol–water partition coefficient (Wildman–Crippen LogP) is 3.59. The van der Waals surface area contributed by atoms with Crippen molar-refractivity contribution in [2.75, 3.05) is 6.61 Å². The summed E-state index contributed by atoms with van der Waals surface area (Å²) in [4.78, 5) is 13.6. The number of hydrogen-bond donors (Lipinski definition) is 0. The van der Waals surface area contributed by atoms with Crippen LogP contribution in [-0.2, 0) is 6.42 Å². The van der Waals surface area contributed by atoms with Gasteiger partial charge < -0.3 is 4.74 Å². The molecule has 0 bridgehead atoms. The highest BCUT2D eigenvalue weighted by Crippen LogP contribution is 2.26. The molecule has 3 aromatic rings. The first-order chi connectivity index (χ1) is 10.2. The van der Waals surface area contributed by atoms with Gasteiger partial charge in [-0.1, -0.05) is 18.5 Å². The van der Waals surface area contributed by atoms with Crippen LogP contribution >= 0.6 is 11.6 Å². The topological polar surface area (TPSA) is 52.3 Å². The lowest BCUT2D eigenvalue weighted by Crippen LogP contribution is -2.02. The Kier molecular flexibility index (Phi) is 3.68. The smallest absolute Gasteiger partial charge is 0.215 e. The summed E-state index contributed by atoms with van der Waals surface area (Å²) in [6, 6.07) is 3.69. The molecule has 0 saturated carbocycles. The summed E-state index contributed by atoms with van der Waals surface area (Å²) in [5.41, 5.74) is 3.19. The van der Waals surface area contributed by atoms with Gasteiger partial charge in [-0.15, -0.1) is 0 Å². The first-order valence-corrected chi connectivity index (χ1v) is 7.50. The Morgan fingerprint density at radius 1 is 1.19 bits per heavy atom. The largest absolute Gasteiger partial charge is 0.478 e. The minimum absolute atomic E-state index is 0.459. The average Bonchev–Trinajstić information content (AvgIpc) is 2.78. The minimum Gasteiger partial charge on any atom is -0.478 e. The highest BCUT2D eigenvalue weighted by Gasteiger charge is 2.16. The molecule has 0 fully saturated rings. The van der Waals surface area contributed by atoms with Gasteiger partial charge in [0.15, 0.2) is 10.8 Å². The van der Waals surface area contributed by atoms with Gasteiger partial charge in [0.2, 0.25) is 5.88 Å². The second-order valence-corrected chi connectivity index (χ2v) is 5.23. The summed E-state index contributed by atoms with van der Waals surface area (Å²) in [7, 11) is 0. The van der Waals surface area contributed by atoms with E-state index in [1.54, 1.807) is 0 Å². The molecule has 0 N–H and O–H groups in total. The lowest BCUT2D eigenvalue weighted by molar-refractivity contribution is 0.328. The number of ether oxygens (including phenoxy) is 1. The Morgan fingerprint density at radius 3 is 2.71 bits per heavy atom. The monoisotopic (exact) mass is 304 g/mol. The van der Waals surface area contributed by atoms with Crippen LogP contribution in [0.1, 0.15) is 31.8 Å². The summed E-state index contributed by atoms with van der Waals surface area (Å²) in [6.07, 6.45) is 1.87. The molecular formula is C15H17ClN4O. The Bertz CT molecular complexity index is 812. The van der Waals surface area contributed by atoms with Gasteiger partial charge in [0.1, 0.15) is 16.9 Å². The summed E-state index contributed by atoms with van der Waals surface area (Å²) < 4.78 is 7.50. The van der Waals surface area contributed by atoms with E-state index in [9.17, 15) is 0 Å². The number of nitrogens with zero attached hydrogens (tertiary/aromatic N) is 4. The van der Waals surface area contributed by atoms with Crippen LogP contribution < -0.4 is 4.74 Å². The van der Waals surface area contributed by atoms with Gasteiger partial charge in [0, 0.05) is 12.5 Å². The zero-order valence-corrected chi connectivity index (χ0v) is 13.1. The van der Waals surface area contributed by atoms with Crippen molar-refractivity contribution >= 4 is 28.3 Å². The normalized spacial score (nSPS) is 11.4. The highest BCUT2D eigenvalue weighted by atomic mass is 35.5. The van der Waals surface area contributed by atoms with Crippen LogP contribution in [0.4, 0.5) is 0 Å². The number of fused-ring (bicyclic) bond motifs is 3. The first kappa shape index (κ1) is 14.1. The fraction of sp³-hybridized carbons (Fsp3) is 0.400. The summed E-state index contributed by atoms with van der Waals surface area (Å²) in [5.74, 6) is 1.55. The quantitative estimate of drug-likeness (QED) is 0.739. The second-order valence-electron chi connectivity index (χ2n) is 4.88. The number of aromatic nitrogens is 4. The van der Waals surface area contributed by atoms with Gasteiger partial charge in [-0.2, -0.15) is 4.98 Å². The lowest BCUT2D eigenvalue weighted by Gasteiger charge is -2.08. The molecule has 0 saturated heterocycles. The van der Waals surface area contributed by atoms with Gasteiger partial charge in [-0.3, -0.25) is 4.40 Å². The van der Waals surface area contributed by atoms with Crippen LogP contribution in [0, 0.1) is 6.92 Å². The van der Waals surface area contributed by atoms with E-state index in [1.165, 1.54) is 0 Å². The van der Waals surface area contributed by atoms with E-state index >= 15 is 0 Å². The van der Waals surface area contributed by atoms with E-state index in [1.807, 2.05) is 30.4 Å². The summed E-state index contributed by atoms with van der Waals surface area (Å²) in [5, 5.41) is 0.459. The van der Waals surface area contributed by atoms with Gasteiger partial charge in [0.05, 0.1) is 12.3 Å². The van der Waals surface area contributed by atoms with E-state index < -0.39 is 0 Å².